The van der Waals surface area contributed by atoms with Gasteiger partial charge < -0.3 is 5.32 Å². The first kappa shape index (κ1) is 25.8. The maximum atomic E-state index is 13.0. The zero-order valence-electron chi connectivity index (χ0n) is 18.7. The third kappa shape index (κ3) is 5.30. The largest absolute Gasteiger partial charge is 0.416 e. The fraction of sp³-hybridized carbons (Fsp3) is 0.619. The SMILES string of the molecule is CC(C)CC1(C)NC(=N)N(CC2CCN(S(=O)(=O)c3ccc(C(F)(F)F)cc3Cl)CC2)C1=O. The lowest BCUT2D eigenvalue weighted by Crippen LogP contribution is -2.46. The molecule has 33 heavy (non-hydrogen) atoms. The van der Waals surface area contributed by atoms with E-state index in [1.807, 2.05) is 13.8 Å². The van der Waals surface area contributed by atoms with Crippen molar-refractivity contribution in [1.29, 1.82) is 5.41 Å². The first-order valence-corrected chi connectivity index (χ1v) is 12.5. The van der Waals surface area contributed by atoms with Crippen molar-refractivity contribution in [2.75, 3.05) is 19.6 Å². The van der Waals surface area contributed by atoms with E-state index in [2.05, 4.69) is 5.32 Å². The summed E-state index contributed by atoms with van der Waals surface area (Å²) in [5.41, 5.74) is -1.84. The molecule has 2 heterocycles. The Bertz CT molecular complexity index is 1040. The fourth-order valence-corrected chi connectivity index (χ4v) is 6.51. The number of hydrogen-bond donors (Lipinski definition) is 2. The lowest BCUT2D eigenvalue weighted by Gasteiger charge is -2.33. The number of alkyl halides is 3. The van der Waals surface area contributed by atoms with Crippen LogP contribution in [0.25, 0.3) is 0 Å². The molecule has 1 unspecified atom stereocenters. The van der Waals surface area contributed by atoms with E-state index >= 15 is 0 Å². The summed E-state index contributed by atoms with van der Waals surface area (Å²) in [7, 11) is -4.06. The molecule has 184 valence electrons. The third-order valence-corrected chi connectivity index (χ3v) is 8.47. The number of nitrogens with zero attached hydrogens (tertiary/aromatic N) is 2. The number of amides is 1. The highest BCUT2D eigenvalue weighted by Gasteiger charge is 2.46. The molecule has 1 aromatic rings. The van der Waals surface area contributed by atoms with Crippen molar-refractivity contribution in [2.24, 2.45) is 11.8 Å². The molecule has 2 saturated heterocycles. The van der Waals surface area contributed by atoms with E-state index in [9.17, 15) is 26.4 Å². The number of carbonyl (C=O) groups excluding carboxylic acids is 1. The van der Waals surface area contributed by atoms with Crippen molar-refractivity contribution in [3.63, 3.8) is 0 Å². The average Bonchev–Trinajstić information content (AvgIpc) is 2.89. The minimum absolute atomic E-state index is 0.00738. The summed E-state index contributed by atoms with van der Waals surface area (Å²) in [6.07, 6.45) is -3.12. The molecule has 2 aliphatic rings. The molecule has 2 aliphatic heterocycles. The molecule has 0 radical (unpaired) electrons. The molecule has 0 saturated carbocycles. The van der Waals surface area contributed by atoms with Gasteiger partial charge in [-0.05, 0) is 56.2 Å². The Morgan fingerprint density at radius 1 is 1.27 bits per heavy atom. The second-order valence-corrected chi connectivity index (χ2v) is 11.6. The minimum atomic E-state index is -4.62. The van der Waals surface area contributed by atoms with E-state index in [1.54, 1.807) is 6.92 Å². The number of halogens is 4. The Morgan fingerprint density at radius 2 is 1.88 bits per heavy atom. The van der Waals surface area contributed by atoms with Gasteiger partial charge in [-0.25, -0.2) is 8.42 Å². The summed E-state index contributed by atoms with van der Waals surface area (Å²) in [5, 5.41) is 10.7. The van der Waals surface area contributed by atoms with Crippen LogP contribution in [0.5, 0.6) is 0 Å². The topological polar surface area (TPSA) is 93.6 Å². The van der Waals surface area contributed by atoms with Gasteiger partial charge in [-0.1, -0.05) is 25.4 Å². The Labute approximate surface area is 196 Å². The molecular formula is C21H28ClF3N4O3S. The molecule has 3 rings (SSSR count). The molecule has 0 aromatic heterocycles. The van der Waals surface area contributed by atoms with Crippen LogP contribution >= 0.6 is 11.6 Å². The fourth-order valence-electron chi connectivity index (χ4n) is 4.53. The molecule has 2 N–H and O–H groups in total. The Morgan fingerprint density at radius 3 is 2.39 bits per heavy atom. The van der Waals surface area contributed by atoms with E-state index in [-0.39, 0.29) is 41.7 Å². The normalized spacial score (nSPS) is 23.5. The molecular weight excluding hydrogens is 481 g/mol. The van der Waals surface area contributed by atoms with Crippen LogP contribution in [0.15, 0.2) is 23.1 Å². The van der Waals surface area contributed by atoms with E-state index in [0.29, 0.717) is 37.9 Å². The molecule has 7 nitrogen and oxygen atoms in total. The highest BCUT2D eigenvalue weighted by atomic mass is 35.5. The summed E-state index contributed by atoms with van der Waals surface area (Å²) in [5.74, 6) is 0.152. The number of carbonyl (C=O) groups is 1. The van der Waals surface area contributed by atoms with Crippen molar-refractivity contribution < 1.29 is 26.4 Å². The van der Waals surface area contributed by atoms with Gasteiger partial charge in [0.2, 0.25) is 10.0 Å². The van der Waals surface area contributed by atoms with Crippen LogP contribution in [0.3, 0.4) is 0 Å². The number of benzene rings is 1. The predicted octanol–water partition coefficient (Wildman–Crippen LogP) is 3.93. The van der Waals surface area contributed by atoms with Gasteiger partial charge in [0.1, 0.15) is 10.4 Å². The monoisotopic (exact) mass is 508 g/mol. The van der Waals surface area contributed by atoms with Gasteiger partial charge in [0, 0.05) is 19.6 Å². The molecule has 1 aromatic carbocycles. The van der Waals surface area contributed by atoms with Gasteiger partial charge in [-0.2, -0.15) is 17.5 Å². The van der Waals surface area contributed by atoms with Crippen molar-refractivity contribution in [1.82, 2.24) is 14.5 Å². The van der Waals surface area contributed by atoms with E-state index in [4.69, 9.17) is 17.0 Å². The number of nitrogens with one attached hydrogen (secondary N) is 2. The van der Waals surface area contributed by atoms with Gasteiger partial charge in [0.05, 0.1) is 10.6 Å². The number of rotatable bonds is 6. The van der Waals surface area contributed by atoms with Crippen LogP contribution in [-0.2, 0) is 21.0 Å². The van der Waals surface area contributed by atoms with Gasteiger partial charge in [-0.3, -0.25) is 15.1 Å². The number of piperidine rings is 1. The second-order valence-electron chi connectivity index (χ2n) is 9.31. The van der Waals surface area contributed by atoms with Crippen LogP contribution in [0.4, 0.5) is 13.2 Å². The highest BCUT2D eigenvalue weighted by Crippen LogP contribution is 2.35. The van der Waals surface area contributed by atoms with Gasteiger partial charge in [0.25, 0.3) is 5.91 Å². The molecule has 0 bridgehead atoms. The second kappa shape index (κ2) is 9.07. The zero-order valence-corrected chi connectivity index (χ0v) is 20.2. The number of sulfonamides is 1. The lowest BCUT2D eigenvalue weighted by atomic mass is 9.90. The Hall–Kier alpha value is -1.85. The summed E-state index contributed by atoms with van der Waals surface area (Å²) in [4.78, 5) is 14.0. The van der Waals surface area contributed by atoms with Crippen LogP contribution in [-0.4, -0.2) is 54.7 Å². The maximum Gasteiger partial charge on any atom is 0.416 e. The lowest BCUT2D eigenvalue weighted by molar-refractivity contribution is -0.137. The zero-order chi connectivity index (χ0) is 24.8. The first-order valence-electron chi connectivity index (χ1n) is 10.7. The highest BCUT2D eigenvalue weighted by molar-refractivity contribution is 7.89. The average molecular weight is 509 g/mol. The van der Waals surface area contributed by atoms with Crippen LogP contribution in [0.2, 0.25) is 5.02 Å². The quantitative estimate of drug-likeness (QED) is 0.609. The molecule has 1 amide bonds. The van der Waals surface area contributed by atoms with Crippen molar-refractivity contribution in [3.8, 4) is 0 Å². The molecule has 0 spiro atoms. The van der Waals surface area contributed by atoms with E-state index in [1.165, 1.54) is 9.21 Å². The summed E-state index contributed by atoms with van der Waals surface area (Å²) < 4.78 is 65.7. The number of guanidine groups is 1. The van der Waals surface area contributed by atoms with Crippen molar-refractivity contribution >= 4 is 33.5 Å². The van der Waals surface area contributed by atoms with Crippen LogP contribution < -0.4 is 5.32 Å². The van der Waals surface area contributed by atoms with E-state index < -0.39 is 32.3 Å². The van der Waals surface area contributed by atoms with Crippen molar-refractivity contribution in [2.45, 2.75) is 56.6 Å². The molecule has 12 heteroatoms. The predicted molar refractivity (Wildman–Crippen MR) is 118 cm³/mol. The smallest absolute Gasteiger partial charge is 0.342 e. The molecule has 1 atom stereocenters. The summed E-state index contributed by atoms with van der Waals surface area (Å²) in [6.45, 7) is 6.41. The van der Waals surface area contributed by atoms with Gasteiger partial charge in [0.15, 0.2) is 5.96 Å². The van der Waals surface area contributed by atoms with Crippen LogP contribution in [0, 0.1) is 17.2 Å². The summed E-state index contributed by atoms with van der Waals surface area (Å²) in [6, 6.07) is 2.21. The van der Waals surface area contributed by atoms with E-state index in [0.717, 1.165) is 6.07 Å². The molecule has 2 fully saturated rings. The maximum absolute atomic E-state index is 13.0. The standard InChI is InChI=1S/C21H28ClF3N4O3S/c1-13(2)11-20(3)18(30)29(19(26)27-20)12-14-6-8-28(9-7-14)33(31,32)17-5-4-15(10-16(17)22)21(23,24)25/h4-5,10,13-14H,6-9,11-12H2,1-3H3,(H2,26,27). The number of hydrogen-bond acceptors (Lipinski definition) is 4. The van der Waals surface area contributed by atoms with Gasteiger partial charge in [-0.15, -0.1) is 0 Å². The third-order valence-electron chi connectivity index (χ3n) is 6.09. The summed E-state index contributed by atoms with van der Waals surface area (Å²) >= 11 is 5.90. The van der Waals surface area contributed by atoms with Crippen LogP contribution in [0.1, 0.15) is 45.6 Å². The molecule has 0 aliphatic carbocycles. The van der Waals surface area contributed by atoms with Gasteiger partial charge >= 0.3 is 6.18 Å². The van der Waals surface area contributed by atoms with Crippen molar-refractivity contribution in [3.05, 3.63) is 28.8 Å². The Kier molecular flexibility index (Phi) is 7.08. The Balaban J connectivity index is 1.65. The first-order chi connectivity index (χ1) is 15.1. The minimum Gasteiger partial charge on any atom is -0.342 e.